The molecule has 1 atom stereocenters. The van der Waals surface area contributed by atoms with Gasteiger partial charge in [-0.1, -0.05) is 0 Å². The lowest BCUT2D eigenvalue weighted by Crippen LogP contribution is -2.08. The largest absolute Gasteiger partial charge is 0.459 e. The van der Waals surface area contributed by atoms with Gasteiger partial charge in [0.1, 0.15) is 17.2 Å². The van der Waals surface area contributed by atoms with Crippen LogP contribution in [0.15, 0.2) is 46.2 Å². The fourth-order valence-electron chi connectivity index (χ4n) is 2.27. The molecule has 1 aromatic carbocycles. The Labute approximate surface area is 122 Å². The highest BCUT2D eigenvalue weighted by atomic mass is 32.1. The van der Waals surface area contributed by atoms with Gasteiger partial charge in [0, 0.05) is 19.7 Å². The molecular formula is C15H10FNOS2. The van der Waals surface area contributed by atoms with Crippen LogP contribution >= 0.6 is 22.7 Å². The number of halogens is 1. The van der Waals surface area contributed by atoms with Gasteiger partial charge in [-0.15, -0.1) is 22.7 Å². The molecule has 1 unspecified atom stereocenters. The van der Waals surface area contributed by atoms with E-state index in [-0.39, 0.29) is 11.9 Å². The molecule has 4 aromatic rings. The number of fused-ring (bicyclic) bond motifs is 2. The summed E-state index contributed by atoms with van der Waals surface area (Å²) in [5.74, 6) is 0.398. The van der Waals surface area contributed by atoms with Crippen molar-refractivity contribution in [3.8, 4) is 0 Å². The van der Waals surface area contributed by atoms with Crippen molar-refractivity contribution in [1.29, 1.82) is 0 Å². The average Bonchev–Trinajstić information content (AvgIpc) is 3.10. The Morgan fingerprint density at radius 3 is 2.85 bits per heavy atom. The second-order valence-electron chi connectivity index (χ2n) is 4.61. The molecule has 100 valence electrons. The SMILES string of the molecule is NC(c1cc2cc(F)ccc2o1)c1cc2sccc2s1. The lowest BCUT2D eigenvalue weighted by Gasteiger charge is -2.04. The topological polar surface area (TPSA) is 39.2 Å². The molecule has 5 heteroatoms. The highest BCUT2D eigenvalue weighted by molar-refractivity contribution is 7.27. The summed E-state index contributed by atoms with van der Waals surface area (Å²) in [5.41, 5.74) is 6.93. The molecule has 0 aliphatic rings. The van der Waals surface area contributed by atoms with Crippen molar-refractivity contribution in [3.63, 3.8) is 0 Å². The molecule has 0 spiro atoms. The van der Waals surface area contributed by atoms with E-state index in [0.717, 1.165) is 10.3 Å². The van der Waals surface area contributed by atoms with Crippen LogP contribution in [0.4, 0.5) is 4.39 Å². The second kappa shape index (κ2) is 4.41. The molecule has 4 rings (SSSR count). The van der Waals surface area contributed by atoms with Gasteiger partial charge < -0.3 is 10.2 Å². The highest BCUT2D eigenvalue weighted by Crippen LogP contribution is 2.36. The Hall–Kier alpha value is -1.69. The predicted molar refractivity (Wildman–Crippen MR) is 81.9 cm³/mol. The third-order valence-corrected chi connectivity index (χ3v) is 5.45. The van der Waals surface area contributed by atoms with Crippen LogP contribution in [0.3, 0.4) is 0 Å². The summed E-state index contributed by atoms with van der Waals surface area (Å²) < 4.78 is 21.4. The van der Waals surface area contributed by atoms with Crippen molar-refractivity contribution in [1.82, 2.24) is 0 Å². The second-order valence-corrected chi connectivity index (χ2v) is 6.67. The van der Waals surface area contributed by atoms with Crippen LogP contribution in [-0.4, -0.2) is 0 Å². The first-order chi connectivity index (χ1) is 9.70. The van der Waals surface area contributed by atoms with Crippen LogP contribution < -0.4 is 5.73 Å². The van der Waals surface area contributed by atoms with Gasteiger partial charge in [-0.05, 0) is 41.8 Å². The van der Waals surface area contributed by atoms with Crippen molar-refractivity contribution in [2.75, 3.05) is 0 Å². The van der Waals surface area contributed by atoms with Crippen LogP contribution in [0.2, 0.25) is 0 Å². The van der Waals surface area contributed by atoms with E-state index in [4.69, 9.17) is 10.2 Å². The van der Waals surface area contributed by atoms with Gasteiger partial charge in [-0.25, -0.2) is 4.39 Å². The lowest BCUT2D eigenvalue weighted by atomic mass is 10.2. The average molecular weight is 303 g/mol. The van der Waals surface area contributed by atoms with Gasteiger partial charge >= 0.3 is 0 Å². The van der Waals surface area contributed by atoms with Gasteiger partial charge in [0.05, 0.1) is 6.04 Å². The first-order valence-electron chi connectivity index (χ1n) is 6.12. The van der Waals surface area contributed by atoms with Gasteiger partial charge in [-0.3, -0.25) is 0 Å². The summed E-state index contributed by atoms with van der Waals surface area (Å²) >= 11 is 3.37. The Kier molecular flexibility index (Phi) is 2.66. The number of furan rings is 1. The molecule has 3 aromatic heterocycles. The van der Waals surface area contributed by atoms with Gasteiger partial charge in [-0.2, -0.15) is 0 Å². The molecule has 3 heterocycles. The quantitative estimate of drug-likeness (QED) is 0.572. The lowest BCUT2D eigenvalue weighted by molar-refractivity contribution is 0.527. The van der Waals surface area contributed by atoms with E-state index in [0.29, 0.717) is 11.3 Å². The minimum Gasteiger partial charge on any atom is -0.459 e. The maximum absolute atomic E-state index is 13.2. The highest BCUT2D eigenvalue weighted by Gasteiger charge is 2.17. The van der Waals surface area contributed by atoms with Crippen LogP contribution in [0.5, 0.6) is 0 Å². The van der Waals surface area contributed by atoms with E-state index >= 15 is 0 Å². The molecule has 2 N–H and O–H groups in total. The van der Waals surface area contributed by atoms with E-state index in [2.05, 4.69) is 17.5 Å². The maximum Gasteiger partial charge on any atom is 0.134 e. The number of thiophene rings is 2. The molecule has 20 heavy (non-hydrogen) atoms. The summed E-state index contributed by atoms with van der Waals surface area (Å²) in [6.45, 7) is 0. The Bertz CT molecular complexity index is 876. The van der Waals surface area contributed by atoms with Gasteiger partial charge in [0.2, 0.25) is 0 Å². The van der Waals surface area contributed by atoms with E-state index < -0.39 is 0 Å². The molecule has 0 bridgehead atoms. The van der Waals surface area contributed by atoms with Gasteiger partial charge in [0.15, 0.2) is 0 Å². The monoisotopic (exact) mass is 303 g/mol. The summed E-state index contributed by atoms with van der Waals surface area (Å²) in [6.07, 6.45) is 0. The van der Waals surface area contributed by atoms with Crippen LogP contribution in [-0.2, 0) is 0 Å². The molecule has 0 radical (unpaired) electrons. The van der Waals surface area contributed by atoms with Crippen molar-refractivity contribution >= 4 is 43.0 Å². The molecule has 0 saturated carbocycles. The molecule has 0 aliphatic heterocycles. The maximum atomic E-state index is 13.2. The fourth-order valence-corrected chi connectivity index (χ4v) is 4.40. The van der Waals surface area contributed by atoms with Crippen molar-refractivity contribution in [3.05, 3.63) is 58.2 Å². The first kappa shape index (κ1) is 12.1. The Balaban J connectivity index is 1.79. The van der Waals surface area contributed by atoms with Crippen molar-refractivity contribution < 1.29 is 8.81 Å². The smallest absolute Gasteiger partial charge is 0.134 e. The van der Waals surface area contributed by atoms with Crippen LogP contribution in [0, 0.1) is 5.82 Å². The van der Waals surface area contributed by atoms with E-state index in [1.54, 1.807) is 28.7 Å². The van der Waals surface area contributed by atoms with E-state index in [1.165, 1.54) is 21.5 Å². The third kappa shape index (κ3) is 1.86. The number of nitrogens with two attached hydrogens (primary N) is 1. The molecule has 2 nitrogen and oxygen atoms in total. The normalized spacial score (nSPS) is 13.3. The van der Waals surface area contributed by atoms with Crippen molar-refractivity contribution in [2.24, 2.45) is 5.73 Å². The van der Waals surface area contributed by atoms with Crippen molar-refractivity contribution in [2.45, 2.75) is 6.04 Å². The van der Waals surface area contributed by atoms with Crippen LogP contribution in [0.25, 0.3) is 20.4 Å². The number of hydrogen-bond acceptors (Lipinski definition) is 4. The third-order valence-electron chi connectivity index (χ3n) is 3.27. The predicted octanol–water partition coefficient (Wildman–Crippen LogP) is 4.90. The zero-order valence-corrected chi connectivity index (χ0v) is 11.9. The summed E-state index contributed by atoms with van der Waals surface area (Å²) in [6, 6.07) is 10.2. The Morgan fingerprint density at radius 1 is 1.10 bits per heavy atom. The van der Waals surface area contributed by atoms with Crippen LogP contribution in [0.1, 0.15) is 16.7 Å². The first-order valence-corrected chi connectivity index (χ1v) is 7.82. The summed E-state index contributed by atoms with van der Waals surface area (Å²) in [7, 11) is 0. The minimum absolute atomic E-state index is 0.268. The number of benzene rings is 1. The van der Waals surface area contributed by atoms with E-state index in [1.807, 2.05) is 6.07 Å². The zero-order chi connectivity index (χ0) is 13.7. The number of rotatable bonds is 2. The molecule has 0 amide bonds. The summed E-state index contributed by atoms with van der Waals surface area (Å²) in [4.78, 5) is 1.06. The minimum atomic E-state index is -0.310. The molecule has 0 saturated heterocycles. The molecule has 0 aliphatic carbocycles. The zero-order valence-electron chi connectivity index (χ0n) is 10.3. The fraction of sp³-hybridized carbons (Fsp3) is 0.0667. The molecular weight excluding hydrogens is 293 g/mol. The van der Waals surface area contributed by atoms with Gasteiger partial charge in [0.25, 0.3) is 0 Å². The number of hydrogen-bond donors (Lipinski definition) is 1. The van der Waals surface area contributed by atoms with E-state index in [9.17, 15) is 4.39 Å². The summed E-state index contributed by atoms with van der Waals surface area (Å²) in [5, 5.41) is 2.81. The molecule has 0 fully saturated rings. The Morgan fingerprint density at radius 2 is 2.00 bits per heavy atom. The standard InChI is InChI=1S/C15H10FNOS2/c16-9-1-2-10-8(5-9)6-11(18-10)15(17)14-7-13-12(20-14)3-4-19-13/h1-7,15H,17H2.